The van der Waals surface area contributed by atoms with Crippen molar-refractivity contribution in [3.63, 3.8) is 0 Å². The number of imidazole rings is 1. The molecule has 8 nitrogen and oxygen atoms in total. The molecule has 0 spiro atoms. The van der Waals surface area contributed by atoms with E-state index in [0.29, 0.717) is 22.5 Å². The number of anilines is 1. The van der Waals surface area contributed by atoms with Crippen molar-refractivity contribution in [2.24, 2.45) is 0 Å². The summed E-state index contributed by atoms with van der Waals surface area (Å²) in [6.07, 6.45) is 7.27. The highest BCUT2D eigenvalue weighted by Gasteiger charge is 2.31. The fourth-order valence-corrected chi connectivity index (χ4v) is 4.14. The van der Waals surface area contributed by atoms with Crippen LogP contribution in [0.3, 0.4) is 0 Å². The number of hydrogen-bond acceptors (Lipinski definition) is 5. The van der Waals surface area contributed by atoms with Crippen LogP contribution in [-0.4, -0.2) is 35.8 Å². The van der Waals surface area contributed by atoms with Crippen molar-refractivity contribution in [3.05, 3.63) is 71.0 Å². The van der Waals surface area contributed by atoms with Gasteiger partial charge in [0.2, 0.25) is 0 Å². The van der Waals surface area contributed by atoms with Crippen LogP contribution in [0.25, 0.3) is 11.3 Å². The fourth-order valence-electron chi connectivity index (χ4n) is 3.96. The first-order valence-electron chi connectivity index (χ1n) is 11.3. The number of aryl methyl sites for hydroxylation is 1. The van der Waals surface area contributed by atoms with E-state index in [1.807, 2.05) is 68.9 Å². The number of halogens is 1. The Morgan fingerprint density at radius 3 is 2.59 bits per heavy atom. The average molecular weight is 479 g/mol. The Hall–Kier alpha value is -3.39. The molecule has 176 valence electrons. The SMILES string of the molecule is Cc1nccn1-c1ccc(CN(C(=O)OC(C)(C)C)c2cc(Cl)nc3c(C4CC4)cnn23)cc1. The average Bonchev–Trinajstić information content (AvgIpc) is 3.38. The van der Waals surface area contributed by atoms with Crippen LogP contribution in [0.5, 0.6) is 0 Å². The molecular formula is C25H27ClN6O2. The molecule has 3 aromatic heterocycles. The molecule has 0 unspecified atom stereocenters. The Labute approximate surface area is 203 Å². The first-order chi connectivity index (χ1) is 16.2. The van der Waals surface area contributed by atoms with E-state index in [2.05, 4.69) is 15.1 Å². The van der Waals surface area contributed by atoms with Gasteiger partial charge in [0.05, 0.1) is 12.7 Å². The first kappa shape index (κ1) is 22.4. The van der Waals surface area contributed by atoms with Crippen LogP contribution in [0.15, 0.2) is 48.9 Å². The zero-order chi connectivity index (χ0) is 24.0. The molecule has 3 heterocycles. The van der Waals surface area contributed by atoms with Crippen molar-refractivity contribution in [2.75, 3.05) is 4.90 Å². The van der Waals surface area contributed by atoms with Crippen molar-refractivity contribution in [1.82, 2.24) is 24.1 Å². The van der Waals surface area contributed by atoms with Gasteiger partial charge in [0, 0.05) is 29.7 Å². The molecular weight excluding hydrogens is 452 g/mol. The summed E-state index contributed by atoms with van der Waals surface area (Å²) in [6.45, 7) is 7.78. The quantitative estimate of drug-likeness (QED) is 0.344. The number of fused-ring (bicyclic) bond motifs is 1. The second-order valence-corrected chi connectivity index (χ2v) is 10.0. The number of carbonyl (C=O) groups is 1. The molecule has 0 saturated heterocycles. The van der Waals surface area contributed by atoms with E-state index in [1.54, 1.807) is 21.7 Å². The zero-order valence-corrected chi connectivity index (χ0v) is 20.5. The van der Waals surface area contributed by atoms with E-state index in [9.17, 15) is 4.79 Å². The van der Waals surface area contributed by atoms with Gasteiger partial charge in [-0.05, 0) is 64.2 Å². The van der Waals surface area contributed by atoms with Gasteiger partial charge in [0.25, 0.3) is 0 Å². The number of hydrogen-bond donors (Lipinski definition) is 0. The number of aromatic nitrogens is 5. The predicted molar refractivity (Wildman–Crippen MR) is 131 cm³/mol. The van der Waals surface area contributed by atoms with Gasteiger partial charge in [0.15, 0.2) is 5.65 Å². The van der Waals surface area contributed by atoms with Crippen LogP contribution in [0.4, 0.5) is 10.6 Å². The van der Waals surface area contributed by atoms with E-state index in [4.69, 9.17) is 16.3 Å². The van der Waals surface area contributed by atoms with E-state index in [1.165, 1.54) is 0 Å². The standard InChI is InChI=1S/C25H27ClN6O2/c1-16-27-11-12-30(16)19-9-5-17(6-10-19)15-31(24(33)34-25(2,3)4)22-13-21(26)29-23-20(18-7-8-18)14-28-32(22)23/h5-6,9-14,18H,7-8,15H2,1-4H3. The molecule has 0 radical (unpaired) electrons. The molecule has 9 heteroatoms. The lowest BCUT2D eigenvalue weighted by molar-refractivity contribution is 0.0575. The van der Waals surface area contributed by atoms with Crippen LogP contribution in [0.1, 0.15) is 56.5 Å². The largest absolute Gasteiger partial charge is 0.443 e. The van der Waals surface area contributed by atoms with Gasteiger partial charge in [0.1, 0.15) is 22.4 Å². The maximum atomic E-state index is 13.4. The summed E-state index contributed by atoms with van der Waals surface area (Å²) in [4.78, 5) is 23.7. The number of amides is 1. The topological polar surface area (TPSA) is 77.5 Å². The Kier molecular flexibility index (Phi) is 5.56. The van der Waals surface area contributed by atoms with Crippen molar-refractivity contribution < 1.29 is 9.53 Å². The highest BCUT2D eigenvalue weighted by atomic mass is 35.5. The highest BCUT2D eigenvalue weighted by molar-refractivity contribution is 6.29. The molecule has 1 amide bonds. The Balaban J connectivity index is 1.53. The van der Waals surface area contributed by atoms with Crippen molar-refractivity contribution in [1.29, 1.82) is 0 Å². The summed E-state index contributed by atoms with van der Waals surface area (Å²) in [5, 5.41) is 4.87. The van der Waals surface area contributed by atoms with E-state index >= 15 is 0 Å². The molecule has 1 fully saturated rings. The number of ether oxygens (including phenoxy) is 1. The van der Waals surface area contributed by atoms with Gasteiger partial charge in [-0.15, -0.1) is 0 Å². The maximum absolute atomic E-state index is 13.4. The van der Waals surface area contributed by atoms with Crippen LogP contribution < -0.4 is 4.90 Å². The first-order valence-corrected chi connectivity index (χ1v) is 11.7. The predicted octanol–water partition coefficient (Wildman–Crippen LogP) is 5.70. The summed E-state index contributed by atoms with van der Waals surface area (Å²) < 4.78 is 9.44. The molecule has 1 aliphatic carbocycles. The van der Waals surface area contributed by atoms with Gasteiger partial charge >= 0.3 is 6.09 Å². The minimum Gasteiger partial charge on any atom is -0.443 e. The lowest BCUT2D eigenvalue weighted by Gasteiger charge is -2.27. The highest BCUT2D eigenvalue weighted by Crippen LogP contribution is 2.42. The monoisotopic (exact) mass is 478 g/mol. The molecule has 1 aromatic carbocycles. The summed E-state index contributed by atoms with van der Waals surface area (Å²) in [5.74, 6) is 1.87. The number of nitrogens with zero attached hydrogens (tertiary/aromatic N) is 6. The van der Waals surface area contributed by atoms with Crippen molar-refractivity contribution in [2.45, 2.75) is 58.6 Å². The lowest BCUT2D eigenvalue weighted by Crippen LogP contribution is -2.37. The molecule has 34 heavy (non-hydrogen) atoms. The van der Waals surface area contributed by atoms with Crippen LogP contribution in [-0.2, 0) is 11.3 Å². The number of carbonyl (C=O) groups excluding carboxylic acids is 1. The number of benzene rings is 1. The van der Waals surface area contributed by atoms with E-state index in [0.717, 1.165) is 35.5 Å². The van der Waals surface area contributed by atoms with E-state index in [-0.39, 0.29) is 6.54 Å². The Bertz CT molecular complexity index is 1350. The molecule has 1 saturated carbocycles. The third-order valence-electron chi connectivity index (χ3n) is 5.74. The molecule has 0 N–H and O–H groups in total. The summed E-state index contributed by atoms with van der Waals surface area (Å²) in [6, 6.07) is 9.65. The smallest absolute Gasteiger partial charge is 0.416 e. The normalized spacial score (nSPS) is 13.9. The lowest BCUT2D eigenvalue weighted by atomic mass is 10.2. The fraction of sp³-hybridized carbons (Fsp3) is 0.360. The van der Waals surface area contributed by atoms with Gasteiger partial charge in [-0.1, -0.05) is 23.7 Å². The summed E-state index contributed by atoms with van der Waals surface area (Å²) in [5.41, 5.74) is 3.02. The van der Waals surface area contributed by atoms with Gasteiger partial charge in [-0.3, -0.25) is 4.90 Å². The molecule has 0 bridgehead atoms. The van der Waals surface area contributed by atoms with Crippen LogP contribution in [0, 0.1) is 6.92 Å². The summed E-state index contributed by atoms with van der Waals surface area (Å²) >= 11 is 6.42. The number of rotatable bonds is 5. The third-order valence-corrected chi connectivity index (χ3v) is 5.93. The molecule has 4 aromatic rings. The second-order valence-electron chi connectivity index (χ2n) is 9.62. The van der Waals surface area contributed by atoms with Gasteiger partial charge in [-0.25, -0.2) is 14.8 Å². The Morgan fingerprint density at radius 1 is 1.24 bits per heavy atom. The second kappa shape index (κ2) is 8.43. The third kappa shape index (κ3) is 4.50. The van der Waals surface area contributed by atoms with Crippen molar-refractivity contribution >= 4 is 29.2 Å². The molecule has 5 rings (SSSR count). The maximum Gasteiger partial charge on any atom is 0.416 e. The molecule has 1 aliphatic rings. The van der Waals surface area contributed by atoms with Crippen molar-refractivity contribution in [3.8, 4) is 5.69 Å². The minimum absolute atomic E-state index is 0.284. The summed E-state index contributed by atoms with van der Waals surface area (Å²) in [7, 11) is 0. The van der Waals surface area contributed by atoms with Gasteiger partial charge < -0.3 is 9.30 Å². The zero-order valence-electron chi connectivity index (χ0n) is 19.7. The van der Waals surface area contributed by atoms with Crippen LogP contribution >= 0.6 is 11.6 Å². The van der Waals surface area contributed by atoms with Crippen LogP contribution in [0.2, 0.25) is 5.15 Å². The molecule has 0 aliphatic heterocycles. The van der Waals surface area contributed by atoms with Gasteiger partial charge in [-0.2, -0.15) is 9.61 Å². The Morgan fingerprint density at radius 2 is 1.97 bits per heavy atom. The van der Waals surface area contributed by atoms with E-state index < -0.39 is 11.7 Å². The molecule has 0 atom stereocenters. The minimum atomic E-state index is -0.655.